The Morgan fingerprint density at radius 1 is 1.29 bits per heavy atom. The van der Waals surface area contributed by atoms with E-state index in [4.69, 9.17) is 4.42 Å². The lowest BCUT2D eigenvalue weighted by atomic mass is 9.95. The summed E-state index contributed by atoms with van der Waals surface area (Å²) in [6.07, 6.45) is 1.41. The molecule has 7 heteroatoms. The van der Waals surface area contributed by atoms with Crippen molar-refractivity contribution in [3.05, 3.63) is 22.5 Å². The number of aromatic nitrogens is 1. The van der Waals surface area contributed by atoms with Crippen molar-refractivity contribution in [2.75, 3.05) is 13.1 Å². The number of hydrogen-bond acceptors (Lipinski definition) is 3. The SMILES string of the molecule is CC(C)NC(=O)C1CCN(C(=O)c2cc3oc(Br)cc3n2C)CC1. The van der Waals surface area contributed by atoms with Crippen LogP contribution in [0.25, 0.3) is 11.1 Å². The Hall–Kier alpha value is -1.76. The number of carbonyl (C=O) groups excluding carboxylic acids is 2. The molecule has 2 aromatic rings. The average molecular weight is 396 g/mol. The Labute approximate surface area is 149 Å². The maximum absolute atomic E-state index is 12.8. The number of amides is 2. The van der Waals surface area contributed by atoms with E-state index in [1.165, 1.54) is 0 Å². The number of halogens is 1. The minimum atomic E-state index is -0.0114. The van der Waals surface area contributed by atoms with Crippen LogP contribution in [0.2, 0.25) is 0 Å². The van der Waals surface area contributed by atoms with Crippen LogP contribution in [0.4, 0.5) is 0 Å². The molecule has 6 nitrogen and oxygen atoms in total. The summed E-state index contributed by atoms with van der Waals surface area (Å²) in [5.41, 5.74) is 2.19. The predicted octanol–water partition coefficient (Wildman–Crippen LogP) is 2.91. The standard InChI is InChI=1S/C17H22BrN3O3/c1-10(2)19-16(22)11-4-6-21(7-5-11)17(23)13-8-14-12(20(13)3)9-15(18)24-14/h8-11H,4-7H2,1-3H3,(H,19,22). The molecule has 2 amide bonds. The number of furan rings is 1. The van der Waals surface area contributed by atoms with E-state index < -0.39 is 0 Å². The van der Waals surface area contributed by atoms with E-state index in [1.807, 2.05) is 36.4 Å². The van der Waals surface area contributed by atoms with Gasteiger partial charge in [0.05, 0.1) is 5.52 Å². The molecule has 1 fully saturated rings. The molecule has 1 aliphatic heterocycles. The number of hydrogen-bond donors (Lipinski definition) is 1. The fourth-order valence-corrected chi connectivity index (χ4v) is 3.59. The van der Waals surface area contributed by atoms with Crippen LogP contribution < -0.4 is 5.32 Å². The highest BCUT2D eigenvalue weighted by molar-refractivity contribution is 9.10. The first-order valence-corrected chi connectivity index (χ1v) is 9.00. The van der Waals surface area contributed by atoms with Crippen LogP contribution in [-0.2, 0) is 11.8 Å². The van der Waals surface area contributed by atoms with Gasteiger partial charge < -0.3 is 19.2 Å². The lowest BCUT2D eigenvalue weighted by Crippen LogP contribution is -2.44. The van der Waals surface area contributed by atoms with E-state index >= 15 is 0 Å². The average Bonchev–Trinajstić information content (AvgIpc) is 3.04. The predicted molar refractivity (Wildman–Crippen MR) is 94.8 cm³/mol. The van der Waals surface area contributed by atoms with Gasteiger partial charge in [-0.15, -0.1) is 0 Å². The van der Waals surface area contributed by atoms with Crippen LogP contribution in [-0.4, -0.2) is 40.4 Å². The van der Waals surface area contributed by atoms with Crippen LogP contribution in [0.5, 0.6) is 0 Å². The zero-order valence-corrected chi connectivity index (χ0v) is 15.7. The Morgan fingerprint density at radius 3 is 2.54 bits per heavy atom. The molecule has 1 aliphatic rings. The van der Waals surface area contributed by atoms with Gasteiger partial charge in [-0.05, 0) is 42.6 Å². The van der Waals surface area contributed by atoms with Crippen molar-refractivity contribution in [3.63, 3.8) is 0 Å². The lowest BCUT2D eigenvalue weighted by Gasteiger charge is -2.31. The molecule has 0 unspecified atom stereocenters. The molecule has 130 valence electrons. The smallest absolute Gasteiger partial charge is 0.270 e. The van der Waals surface area contributed by atoms with Gasteiger partial charge >= 0.3 is 0 Å². The zero-order chi connectivity index (χ0) is 17.4. The molecule has 1 saturated heterocycles. The molecule has 24 heavy (non-hydrogen) atoms. The molecule has 0 radical (unpaired) electrons. The number of fused-ring (bicyclic) bond motifs is 1. The maximum atomic E-state index is 12.8. The largest absolute Gasteiger partial charge is 0.448 e. The minimum Gasteiger partial charge on any atom is -0.448 e. The van der Waals surface area contributed by atoms with Crippen molar-refractivity contribution in [3.8, 4) is 0 Å². The number of piperidine rings is 1. The molecule has 0 spiro atoms. The van der Waals surface area contributed by atoms with Crippen molar-refractivity contribution in [2.45, 2.75) is 32.7 Å². The number of likely N-dealkylation sites (tertiary alicyclic amines) is 1. The van der Waals surface area contributed by atoms with Crippen LogP contribution in [0.3, 0.4) is 0 Å². The summed E-state index contributed by atoms with van der Waals surface area (Å²) in [7, 11) is 1.86. The normalized spacial score (nSPS) is 16.1. The summed E-state index contributed by atoms with van der Waals surface area (Å²) in [6.45, 7) is 5.12. The van der Waals surface area contributed by atoms with Gasteiger partial charge in [-0.25, -0.2) is 0 Å². The highest BCUT2D eigenvalue weighted by Crippen LogP contribution is 2.27. The molecule has 3 rings (SSSR count). The monoisotopic (exact) mass is 395 g/mol. The van der Waals surface area contributed by atoms with Crippen molar-refractivity contribution >= 4 is 38.8 Å². The van der Waals surface area contributed by atoms with Crippen molar-refractivity contribution < 1.29 is 14.0 Å². The van der Waals surface area contributed by atoms with E-state index in [2.05, 4.69) is 21.2 Å². The number of carbonyl (C=O) groups is 2. The first kappa shape index (κ1) is 17.1. The lowest BCUT2D eigenvalue weighted by molar-refractivity contribution is -0.126. The second-order valence-corrected chi connectivity index (χ2v) is 7.40. The van der Waals surface area contributed by atoms with E-state index in [9.17, 15) is 9.59 Å². The molecule has 1 N–H and O–H groups in total. The van der Waals surface area contributed by atoms with Crippen molar-refractivity contribution in [1.29, 1.82) is 0 Å². The van der Waals surface area contributed by atoms with E-state index in [0.717, 1.165) is 5.52 Å². The quantitative estimate of drug-likeness (QED) is 0.868. The summed E-state index contributed by atoms with van der Waals surface area (Å²) in [5, 5.41) is 2.95. The molecule has 0 saturated carbocycles. The fraction of sp³-hybridized carbons (Fsp3) is 0.529. The van der Waals surface area contributed by atoms with Gasteiger partial charge in [0, 0.05) is 44.2 Å². The molecule has 2 aromatic heterocycles. The Bertz CT molecular complexity index is 769. The summed E-state index contributed by atoms with van der Waals surface area (Å²) in [6, 6.07) is 3.78. The zero-order valence-electron chi connectivity index (χ0n) is 14.1. The van der Waals surface area contributed by atoms with Gasteiger partial charge in [0.25, 0.3) is 5.91 Å². The van der Waals surface area contributed by atoms with E-state index in [0.29, 0.717) is 41.9 Å². The highest BCUT2D eigenvalue weighted by atomic mass is 79.9. The number of nitrogens with zero attached hydrogens (tertiary/aromatic N) is 2. The molecule has 0 bridgehead atoms. The van der Waals surface area contributed by atoms with Crippen LogP contribution in [0.1, 0.15) is 37.2 Å². The number of nitrogens with one attached hydrogen (secondary N) is 1. The van der Waals surface area contributed by atoms with Gasteiger partial charge in [0.1, 0.15) is 5.69 Å². The van der Waals surface area contributed by atoms with Gasteiger partial charge in [-0.1, -0.05) is 0 Å². The third-order valence-electron chi connectivity index (χ3n) is 4.50. The van der Waals surface area contributed by atoms with Crippen molar-refractivity contribution in [2.24, 2.45) is 13.0 Å². The third kappa shape index (κ3) is 3.22. The fourth-order valence-electron chi connectivity index (χ4n) is 3.20. The Balaban J connectivity index is 1.67. The Morgan fingerprint density at radius 2 is 1.96 bits per heavy atom. The molecule has 0 aliphatic carbocycles. The summed E-state index contributed by atoms with van der Waals surface area (Å²) in [5.74, 6) is 0.0816. The molecule has 0 aromatic carbocycles. The maximum Gasteiger partial charge on any atom is 0.270 e. The van der Waals surface area contributed by atoms with Crippen LogP contribution in [0, 0.1) is 5.92 Å². The molecule has 3 heterocycles. The van der Waals surface area contributed by atoms with E-state index in [1.54, 1.807) is 6.07 Å². The first-order valence-electron chi connectivity index (χ1n) is 8.21. The second-order valence-electron chi connectivity index (χ2n) is 6.62. The summed E-state index contributed by atoms with van der Waals surface area (Å²) in [4.78, 5) is 26.7. The van der Waals surface area contributed by atoms with Crippen LogP contribution >= 0.6 is 15.9 Å². The van der Waals surface area contributed by atoms with Crippen molar-refractivity contribution in [1.82, 2.24) is 14.8 Å². The van der Waals surface area contributed by atoms with Gasteiger partial charge in [-0.2, -0.15) is 0 Å². The molecule has 0 atom stereocenters. The number of aryl methyl sites for hydroxylation is 1. The highest BCUT2D eigenvalue weighted by Gasteiger charge is 2.29. The summed E-state index contributed by atoms with van der Waals surface area (Å²) < 4.78 is 8.03. The summed E-state index contributed by atoms with van der Waals surface area (Å²) >= 11 is 3.30. The van der Waals surface area contributed by atoms with Gasteiger partial charge in [0.2, 0.25) is 5.91 Å². The number of rotatable bonds is 3. The molecular weight excluding hydrogens is 374 g/mol. The Kier molecular flexibility index (Phi) is 4.71. The molecular formula is C17H22BrN3O3. The third-order valence-corrected chi connectivity index (χ3v) is 4.89. The first-order chi connectivity index (χ1) is 11.4. The van der Waals surface area contributed by atoms with E-state index in [-0.39, 0.29) is 23.8 Å². The topological polar surface area (TPSA) is 67.5 Å². The second kappa shape index (κ2) is 6.63. The van der Waals surface area contributed by atoms with Gasteiger partial charge in [-0.3, -0.25) is 9.59 Å². The van der Waals surface area contributed by atoms with Crippen LogP contribution in [0.15, 0.2) is 21.2 Å². The minimum absolute atomic E-state index is 0.00269. The van der Waals surface area contributed by atoms with Gasteiger partial charge in [0.15, 0.2) is 10.3 Å².